The van der Waals surface area contributed by atoms with Crippen LogP contribution in [0, 0.1) is 6.92 Å². The zero-order valence-electron chi connectivity index (χ0n) is 16.4. The highest BCUT2D eigenvalue weighted by Crippen LogP contribution is 2.22. The van der Waals surface area contributed by atoms with Gasteiger partial charge in [0.25, 0.3) is 5.56 Å². The number of fused-ring (bicyclic) bond motifs is 1. The van der Waals surface area contributed by atoms with E-state index in [-0.39, 0.29) is 5.56 Å². The number of nitrogens with zero attached hydrogens (tertiary/aromatic N) is 3. The van der Waals surface area contributed by atoms with Crippen LogP contribution in [0.15, 0.2) is 64.5 Å². The van der Waals surface area contributed by atoms with E-state index in [4.69, 9.17) is 4.74 Å². The van der Waals surface area contributed by atoms with Crippen LogP contribution in [0.5, 0.6) is 5.75 Å². The summed E-state index contributed by atoms with van der Waals surface area (Å²) in [5.41, 5.74) is 3.70. The van der Waals surface area contributed by atoms with Crippen molar-refractivity contribution in [2.24, 2.45) is 0 Å². The van der Waals surface area contributed by atoms with Crippen LogP contribution >= 0.6 is 11.8 Å². The Kier molecular flexibility index (Phi) is 5.67. The number of H-pyrrole nitrogens is 1. The lowest BCUT2D eigenvalue weighted by Crippen LogP contribution is -2.07. The third-order valence-corrected chi connectivity index (χ3v) is 5.42. The maximum atomic E-state index is 11.8. The van der Waals surface area contributed by atoms with Gasteiger partial charge in [0.15, 0.2) is 16.6 Å². The highest BCUT2D eigenvalue weighted by molar-refractivity contribution is 7.99. The molecule has 0 aliphatic carbocycles. The molecule has 148 valence electrons. The molecule has 0 saturated carbocycles. The summed E-state index contributed by atoms with van der Waals surface area (Å²) in [6.07, 6.45) is 1.01. The fraction of sp³-hybridized carbons (Fsp3) is 0.227. The normalized spacial score (nSPS) is 11.1. The predicted molar refractivity (Wildman–Crippen MR) is 116 cm³/mol. The molecule has 0 bridgehead atoms. The second-order valence-electron chi connectivity index (χ2n) is 6.71. The first-order valence-electron chi connectivity index (χ1n) is 9.54. The van der Waals surface area contributed by atoms with Gasteiger partial charge in [0, 0.05) is 17.4 Å². The fourth-order valence-corrected chi connectivity index (χ4v) is 3.78. The minimum absolute atomic E-state index is 0.199. The number of aryl methyl sites for hydroxylation is 2. The van der Waals surface area contributed by atoms with E-state index in [9.17, 15) is 4.79 Å². The number of benzene rings is 2. The lowest BCUT2D eigenvalue weighted by atomic mass is 10.1. The van der Waals surface area contributed by atoms with Crippen molar-refractivity contribution < 1.29 is 4.74 Å². The highest BCUT2D eigenvalue weighted by Gasteiger charge is 2.11. The van der Waals surface area contributed by atoms with Gasteiger partial charge >= 0.3 is 0 Å². The van der Waals surface area contributed by atoms with Crippen molar-refractivity contribution in [3.63, 3.8) is 0 Å². The molecule has 4 aromatic rings. The minimum atomic E-state index is -0.199. The number of nitrogens with one attached hydrogen (secondary N) is 1. The molecule has 0 atom stereocenters. The van der Waals surface area contributed by atoms with Crippen LogP contribution < -0.4 is 10.3 Å². The summed E-state index contributed by atoms with van der Waals surface area (Å²) in [6.45, 7) is 4.70. The van der Waals surface area contributed by atoms with Gasteiger partial charge in [-0.2, -0.15) is 0 Å². The predicted octanol–water partition coefficient (Wildman–Crippen LogP) is 4.13. The Bertz CT molecular complexity index is 1180. The molecule has 2 aromatic carbocycles. The summed E-state index contributed by atoms with van der Waals surface area (Å²) >= 11 is 1.52. The van der Waals surface area contributed by atoms with E-state index in [0.29, 0.717) is 29.0 Å². The zero-order chi connectivity index (χ0) is 20.2. The highest BCUT2D eigenvalue weighted by atomic mass is 32.2. The number of aromatic amines is 1. The van der Waals surface area contributed by atoms with E-state index >= 15 is 0 Å². The molecule has 0 radical (unpaired) electrons. The number of hydrogen-bond donors (Lipinski definition) is 1. The van der Waals surface area contributed by atoms with Gasteiger partial charge in [0.1, 0.15) is 5.75 Å². The van der Waals surface area contributed by atoms with Crippen molar-refractivity contribution in [3.8, 4) is 17.1 Å². The lowest BCUT2D eigenvalue weighted by molar-refractivity contribution is 0.343. The van der Waals surface area contributed by atoms with Crippen LogP contribution in [-0.2, 0) is 6.42 Å². The average Bonchev–Trinajstić information content (AvgIpc) is 3.12. The first-order chi connectivity index (χ1) is 14.1. The van der Waals surface area contributed by atoms with Gasteiger partial charge < -0.3 is 4.74 Å². The molecule has 6 nitrogen and oxygen atoms in total. The van der Waals surface area contributed by atoms with Crippen LogP contribution in [0.2, 0.25) is 0 Å². The molecule has 0 aliphatic heterocycles. The molecule has 2 aromatic heterocycles. The molecule has 0 aliphatic rings. The fourth-order valence-electron chi connectivity index (χ4n) is 3.01. The monoisotopic (exact) mass is 406 g/mol. The standard InChI is InChI=1S/C22H22N4O2S/c1-3-16-7-9-18(10-8-16)28-11-12-29-22-24-21(17-6-4-5-15(2)13-17)23-19-14-20(27)25-26(19)22/h4-10,13-14H,3,11-12H2,1-2H3,(H,25,27). The number of ether oxygens (including phenoxy) is 1. The van der Waals surface area contributed by atoms with Gasteiger partial charge in [-0.05, 0) is 37.1 Å². The maximum Gasteiger partial charge on any atom is 0.266 e. The summed E-state index contributed by atoms with van der Waals surface area (Å²) in [7, 11) is 0. The molecule has 1 N–H and O–H groups in total. The molecule has 0 amide bonds. The van der Waals surface area contributed by atoms with Crippen LogP contribution in [0.1, 0.15) is 18.1 Å². The third-order valence-electron chi connectivity index (χ3n) is 4.52. The van der Waals surface area contributed by atoms with E-state index < -0.39 is 0 Å². The Morgan fingerprint density at radius 3 is 2.69 bits per heavy atom. The quantitative estimate of drug-likeness (QED) is 0.369. The van der Waals surface area contributed by atoms with E-state index in [1.807, 2.05) is 43.3 Å². The van der Waals surface area contributed by atoms with Crippen LogP contribution in [0.25, 0.3) is 17.0 Å². The molecule has 2 heterocycles. The number of thioether (sulfide) groups is 1. The van der Waals surface area contributed by atoms with Gasteiger partial charge in [0.2, 0.25) is 0 Å². The second-order valence-corrected chi connectivity index (χ2v) is 7.77. The summed E-state index contributed by atoms with van der Waals surface area (Å²) < 4.78 is 7.46. The maximum absolute atomic E-state index is 11.8. The molecular weight excluding hydrogens is 384 g/mol. The lowest BCUT2D eigenvalue weighted by Gasteiger charge is -2.09. The van der Waals surface area contributed by atoms with Gasteiger partial charge in [-0.25, -0.2) is 14.5 Å². The first-order valence-corrected chi connectivity index (χ1v) is 10.5. The van der Waals surface area contributed by atoms with Crippen molar-refractivity contribution in [1.29, 1.82) is 0 Å². The number of aromatic nitrogens is 4. The SMILES string of the molecule is CCc1ccc(OCCSc2nc(-c3cccc(C)c3)nc3cc(=O)[nH]n23)cc1. The van der Waals surface area contributed by atoms with Crippen molar-refractivity contribution in [3.05, 3.63) is 76.1 Å². The summed E-state index contributed by atoms with van der Waals surface area (Å²) in [6, 6.07) is 17.6. The van der Waals surface area contributed by atoms with Gasteiger partial charge in [-0.15, -0.1) is 0 Å². The number of rotatable bonds is 7. The molecule has 29 heavy (non-hydrogen) atoms. The molecular formula is C22H22N4O2S. The largest absolute Gasteiger partial charge is 0.493 e. The molecule has 0 spiro atoms. The smallest absolute Gasteiger partial charge is 0.266 e. The van der Waals surface area contributed by atoms with E-state index in [2.05, 4.69) is 34.1 Å². The van der Waals surface area contributed by atoms with Crippen molar-refractivity contribution in [2.45, 2.75) is 25.4 Å². The van der Waals surface area contributed by atoms with E-state index in [0.717, 1.165) is 23.3 Å². The molecule has 0 fully saturated rings. The molecule has 4 rings (SSSR count). The van der Waals surface area contributed by atoms with E-state index in [1.54, 1.807) is 4.52 Å². The molecule has 7 heteroatoms. The summed E-state index contributed by atoms with van der Waals surface area (Å²) in [5.74, 6) is 2.14. The molecule has 0 saturated heterocycles. The second kappa shape index (κ2) is 8.53. The minimum Gasteiger partial charge on any atom is -0.493 e. The van der Waals surface area contributed by atoms with Crippen molar-refractivity contribution in [1.82, 2.24) is 19.6 Å². The van der Waals surface area contributed by atoms with Crippen LogP contribution in [0.4, 0.5) is 0 Å². The van der Waals surface area contributed by atoms with Gasteiger partial charge in [0.05, 0.1) is 6.61 Å². The Morgan fingerprint density at radius 1 is 1.10 bits per heavy atom. The van der Waals surface area contributed by atoms with Crippen molar-refractivity contribution in [2.75, 3.05) is 12.4 Å². The Morgan fingerprint density at radius 2 is 1.93 bits per heavy atom. The Balaban J connectivity index is 1.51. The molecule has 0 unspecified atom stereocenters. The summed E-state index contributed by atoms with van der Waals surface area (Å²) in [5, 5.41) is 3.44. The van der Waals surface area contributed by atoms with E-state index in [1.165, 1.54) is 23.4 Å². The zero-order valence-corrected chi connectivity index (χ0v) is 17.2. The third kappa shape index (κ3) is 4.51. The summed E-state index contributed by atoms with van der Waals surface area (Å²) in [4.78, 5) is 21.1. The topological polar surface area (TPSA) is 72.3 Å². The van der Waals surface area contributed by atoms with Crippen molar-refractivity contribution >= 4 is 17.4 Å². The Labute approximate surface area is 173 Å². The Hall–Kier alpha value is -3.06. The average molecular weight is 407 g/mol. The van der Waals surface area contributed by atoms with Gasteiger partial charge in [-0.1, -0.05) is 54.6 Å². The van der Waals surface area contributed by atoms with Crippen LogP contribution in [0.3, 0.4) is 0 Å². The first kappa shape index (κ1) is 19.3. The number of hydrogen-bond acceptors (Lipinski definition) is 5. The van der Waals surface area contributed by atoms with Gasteiger partial charge in [-0.3, -0.25) is 9.89 Å². The van der Waals surface area contributed by atoms with Crippen LogP contribution in [-0.4, -0.2) is 31.9 Å².